The molecule has 86 valence electrons. The van der Waals surface area contributed by atoms with Crippen LogP contribution in [0.4, 0.5) is 0 Å². The zero-order chi connectivity index (χ0) is 12.2. The average Bonchev–Trinajstić information content (AvgIpc) is 2.46. The van der Waals surface area contributed by atoms with Crippen LogP contribution in [-0.2, 0) is 0 Å². The third-order valence-corrected chi connectivity index (χ3v) is 2.70. The van der Waals surface area contributed by atoms with Gasteiger partial charge in [-0.2, -0.15) is 10.2 Å². The molecule has 0 spiro atoms. The van der Waals surface area contributed by atoms with Crippen molar-refractivity contribution in [3.8, 4) is 0 Å². The summed E-state index contributed by atoms with van der Waals surface area (Å²) in [5.74, 6) is 0. The number of rotatable bonds is 2. The lowest BCUT2D eigenvalue weighted by Crippen LogP contribution is -1.86. The number of benzene rings is 1. The van der Waals surface area contributed by atoms with Crippen molar-refractivity contribution in [2.75, 3.05) is 0 Å². The molecular formula is C15H11N3. The van der Waals surface area contributed by atoms with Gasteiger partial charge in [0.2, 0.25) is 0 Å². The Hall–Kier alpha value is -2.55. The quantitative estimate of drug-likeness (QED) is 0.682. The highest BCUT2D eigenvalue weighted by Crippen LogP contribution is 2.17. The van der Waals surface area contributed by atoms with Gasteiger partial charge in [0.15, 0.2) is 0 Å². The van der Waals surface area contributed by atoms with Crippen molar-refractivity contribution in [1.29, 1.82) is 0 Å². The maximum absolute atomic E-state index is 4.25. The Morgan fingerprint density at radius 2 is 1.78 bits per heavy atom. The van der Waals surface area contributed by atoms with E-state index in [1.54, 1.807) is 12.4 Å². The van der Waals surface area contributed by atoms with Crippen molar-refractivity contribution in [3.63, 3.8) is 0 Å². The highest BCUT2D eigenvalue weighted by Gasteiger charge is 1.98. The van der Waals surface area contributed by atoms with Crippen LogP contribution in [0.25, 0.3) is 23.1 Å². The van der Waals surface area contributed by atoms with Crippen LogP contribution < -0.4 is 0 Å². The molecule has 3 aromatic rings. The Kier molecular flexibility index (Phi) is 2.80. The molecule has 0 aliphatic rings. The van der Waals surface area contributed by atoms with Gasteiger partial charge in [-0.1, -0.05) is 30.3 Å². The number of nitrogens with zero attached hydrogens (tertiary/aromatic N) is 3. The molecule has 0 bridgehead atoms. The van der Waals surface area contributed by atoms with Gasteiger partial charge in [-0.25, -0.2) is 0 Å². The number of aromatic nitrogens is 3. The third-order valence-electron chi connectivity index (χ3n) is 2.70. The van der Waals surface area contributed by atoms with E-state index in [4.69, 9.17) is 0 Å². The minimum Gasteiger partial charge on any atom is -0.257 e. The lowest BCUT2D eigenvalue weighted by Gasteiger charge is -1.99. The van der Waals surface area contributed by atoms with E-state index >= 15 is 0 Å². The summed E-state index contributed by atoms with van der Waals surface area (Å²) in [5.41, 5.74) is 2.88. The minimum absolute atomic E-state index is 0.903. The van der Waals surface area contributed by atoms with Crippen molar-refractivity contribution >= 4 is 23.1 Å². The summed E-state index contributed by atoms with van der Waals surface area (Å²) in [7, 11) is 0. The summed E-state index contributed by atoms with van der Waals surface area (Å²) in [6, 6.07) is 13.8. The van der Waals surface area contributed by atoms with Crippen LogP contribution >= 0.6 is 0 Å². The normalized spacial score (nSPS) is 11.1. The van der Waals surface area contributed by atoms with Crippen molar-refractivity contribution in [2.24, 2.45) is 0 Å². The molecule has 0 unspecified atom stereocenters. The molecule has 0 N–H and O–H groups in total. The Balaban J connectivity index is 2.03. The molecular weight excluding hydrogens is 222 g/mol. The van der Waals surface area contributed by atoms with Crippen LogP contribution in [0.15, 0.2) is 54.9 Å². The molecule has 0 fully saturated rings. The van der Waals surface area contributed by atoms with E-state index < -0.39 is 0 Å². The largest absolute Gasteiger partial charge is 0.257 e. The standard InChI is InChI=1S/C15H11N3/c1-2-7-15-14(6-1)12(11-17-18-15)8-9-13-5-3-4-10-16-13/h1-11H. The minimum atomic E-state index is 0.903. The number of hydrogen-bond donors (Lipinski definition) is 0. The fraction of sp³-hybridized carbons (Fsp3) is 0. The predicted molar refractivity (Wildman–Crippen MR) is 72.7 cm³/mol. The third kappa shape index (κ3) is 2.11. The highest BCUT2D eigenvalue weighted by molar-refractivity contribution is 5.89. The second kappa shape index (κ2) is 4.75. The van der Waals surface area contributed by atoms with Crippen LogP contribution in [0.1, 0.15) is 11.3 Å². The smallest absolute Gasteiger partial charge is 0.0935 e. The molecule has 18 heavy (non-hydrogen) atoms. The Bertz CT molecular complexity index is 685. The van der Waals surface area contributed by atoms with E-state index in [-0.39, 0.29) is 0 Å². The van der Waals surface area contributed by atoms with Gasteiger partial charge in [-0.3, -0.25) is 4.98 Å². The molecule has 3 rings (SSSR count). The molecule has 0 aliphatic heterocycles. The van der Waals surface area contributed by atoms with Gasteiger partial charge in [-0.15, -0.1) is 0 Å². The van der Waals surface area contributed by atoms with Crippen molar-refractivity contribution < 1.29 is 0 Å². The van der Waals surface area contributed by atoms with Crippen molar-refractivity contribution in [2.45, 2.75) is 0 Å². The molecule has 0 saturated heterocycles. The molecule has 3 heteroatoms. The van der Waals surface area contributed by atoms with E-state index in [9.17, 15) is 0 Å². The molecule has 0 atom stereocenters. The molecule has 0 radical (unpaired) electrons. The number of hydrogen-bond acceptors (Lipinski definition) is 3. The monoisotopic (exact) mass is 233 g/mol. The number of pyridine rings is 1. The molecule has 1 aromatic carbocycles. The molecule has 3 nitrogen and oxygen atoms in total. The Morgan fingerprint density at radius 3 is 2.67 bits per heavy atom. The van der Waals surface area contributed by atoms with Gasteiger partial charge in [0.05, 0.1) is 17.4 Å². The highest BCUT2D eigenvalue weighted by atomic mass is 15.1. The topological polar surface area (TPSA) is 38.7 Å². The van der Waals surface area contributed by atoms with Crippen LogP contribution in [0.2, 0.25) is 0 Å². The Labute approximate surface area is 105 Å². The molecule has 2 heterocycles. The van der Waals surface area contributed by atoms with Gasteiger partial charge in [0, 0.05) is 17.1 Å². The zero-order valence-corrected chi connectivity index (χ0v) is 9.69. The van der Waals surface area contributed by atoms with E-state index in [1.165, 1.54) is 0 Å². The summed E-state index contributed by atoms with van der Waals surface area (Å²) in [6.45, 7) is 0. The first-order chi connectivity index (χ1) is 8.93. The van der Waals surface area contributed by atoms with Gasteiger partial charge in [0.25, 0.3) is 0 Å². The maximum atomic E-state index is 4.25. The van der Waals surface area contributed by atoms with Gasteiger partial charge in [0.1, 0.15) is 0 Å². The lowest BCUT2D eigenvalue weighted by molar-refractivity contribution is 1.07. The molecule has 0 aliphatic carbocycles. The lowest BCUT2D eigenvalue weighted by atomic mass is 10.1. The first-order valence-corrected chi connectivity index (χ1v) is 5.73. The SMILES string of the molecule is C(=Cc1cnnc2ccccc12)c1ccccn1. The summed E-state index contributed by atoms with van der Waals surface area (Å²) in [4.78, 5) is 4.25. The molecule has 0 saturated carbocycles. The van der Waals surface area contributed by atoms with Crippen molar-refractivity contribution in [3.05, 3.63) is 66.1 Å². The summed E-state index contributed by atoms with van der Waals surface area (Å²) in [6.07, 6.45) is 7.53. The first-order valence-electron chi connectivity index (χ1n) is 5.73. The van der Waals surface area contributed by atoms with E-state index in [1.807, 2.05) is 54.6 Å². The summed E-state index contributed by atoms with van der Waals surface area (Å²) >= 11 is 0. The molecule has 2 aromatic heterocycles. The van der Waals surface area contributed by atoms with Crippen molar-refractivity contribution in [1.82, 2.24) is 15.2 Å². The predicted octanol–water partition coefficient (Wildman–Crippen LogP) is 3.20. The van der Waals surface area contributed by atoms with E-state index in [2.05, 4.69) is 15.2 Å². The summed E-state index contributed by atoms with van der Waals surface area (Å²) < 4.78 is 0. The van der Waals surface area contributed by atoms with E-state index in [0.29, 0.717) is 0 Å². The fourth-order valence-electron chi connectivity index (χ4n) is 1.81. The van der Waals surface area contributed by atoms with Gasteiger partial charge < -0.3 is 0 Å². The zero-order valence-electron chi connectivity index (χ0n) is 9.69. The van der Waals surface area contributed by atoms with Crippen LogP contribution in [0.5, 0.6) is 0 Å². The van der Waals surface area contributed by atoms with Crippen LogP contribution in [0.3, 0.4) is 0 Å². The average molecular weight is 233 g/mol. The van der Waals surface area contributed by atoms with Gasteiger partial charge >= 0.3 is 0 Å². The first kappa shape index (κ1) is 10.6. The molecule has 0 amide bonds. The second-order valence-electron chi connectivity index (χ2n) is 3.90. The number of fused-ring (bicyclic) bond motifs is 1. The van der Waals surface area contributed by atoms with E-state index in [0.717, 1.165) is 22.2 Å². The summed E-state index contributed by atoms with van der Waals surface area (Å²) in [5, 5.41) is 9.20. The van der Waals surface area contributed by atoms with Crippen LogP contribution in [-0.4, -0.2) is 15.2 Å². The van der Waals surface area contributed by atoms with Gasteiger partial charge in [-0.05, 0) is 24.3 Å². The van der Waals surface area contributed by atoms with Crippen LogP contribution in [0, 0.1) is 0 Å². The Morgan fingerprint density at radius 1 is 0.889 bits per heavy atom. The maximum Gasteiger partial charge on any atom is 0.0935 e. The fourth-order valence-corrected chi connectivity index (χ4v) is 1.81. The second-order valence-corrected chi connectivity index (χ2v) is 3.90.